The van der Waals surface area contributed by atoms with Crippen LogP contribution in [0.4, 0.5) is 0 Å². The van der Waals surface area contributed by atoms with Gasteiger partial charge in [0.05, 0.1) is 6.10 Å². The number of aliphatic hydroxyl groups excluding tert-OH is 1. The number of carbonyl (C=O) groups is 1. The summed E-state index contributed by atoms with van der Waals surface area (Å²) < 4.78 is 0. The first-order chi connectivity index (χ1) is 5.68. The van der Waals surface area contributed by atoms with Crippen LogP contribution in [0.1, 0.15) is 19.3 Å². The zero-order chi connectivity index (χ0) is 8.72. The highest BCUT2D eigenvalue weighted by Gasteiger charge is 2.43. The van der Waals surface area contributed by atoms with Crippen molar-refractivity contribution in [2.24, 2.45) is 5.92 Å². The maximum Gasteiger partial charge on any atom is 0.320 e. The Hall–Kier alpha value is -0.610. The number of carboxylic acids is 1. The molecule has 2 bridgehead atoms. The lowest BCUT2D eigenvalue weighted by Crippen LogP contribution is -2.61. The van der Waals surface area contributed by atoms with Gasteiger partial charge in [-0.05, 0) is 25.2 Å². The van der Waals surface area contributed by atoms with Gasteiger partial charge in [0.15, 0.2) is 0 Å². The summed E-state index contributed by atoms with van der Waals surface area (Å²) in [6, 6.07) is -0.414. The molecule has 2 saturated heterocycles. The minimum absolute atomic E-state index is 0.0103. The molecule has 4 atom stereocenters. The van der Waals surface area contributed by atoms with Crippen LogP contribution < -0.4 is 5.32 Å². The van der Waals surface area contributed by atoms with Gasteiger partial charge in [-0.25, -0.2) is 0 Å². The van der Waals surface area contributed by atoms with Crippen molar-refractivity contribution in [1.82, 2.24) is 5.32 Å². The third kappa shape index (κ3) is 1.11. The summed E-state index contributed by atoms with van der Waals surface area (Å²) in [5.41, 5.74) is 0. The Morgan fingerprint density at radius 3 is 2.58 bits per heavy atom. The molecular weight excluding hydrogens is 158 g/mol. The molecule has 0 amide bonds. The predicted molar refractivity (Wildman–Crippen MR) is 41.7 cm³/mol. The molecule has 68 valence electrons. The minimum atomic E-state index is -0.781. The topological polar surface area (TPSA) is 69.6 Å². The highest BCUT2D eigenvalue weighted by Crippen LogP contribution is 2.33. The van der Waals surface area contributed by atoms with Crippen LogP contribution in [0.5, 0.6) is 0 Å². The third-order valence-electron chi connectivity index (χ3n) is 2.99. The number of hydrogen-bond donors (Lipinski definition) is 3. The average molecular weight is 171 g/mol. The second-order valence-corrected chi connectivity index (χ2v) is 3.73. The molecule has 12 heavy (non-hydrogen) atoms. The van der Waals surface area contributed by atoms with Crippen molar-refractivity contribution >= 4 is 5.97 Å². The normalized spacial score (nSPS) is 46.1. The van der Waals surface area contributed by atoms with Gasteiger partial charge in [0.1, 0.15) is 6.04 Å². The van der Waals surface area contributed by atoms with E-state index in [4.69, 9.17) is 5.11 Å². The molecule has 3 aliphatic rings. The average Bonchev–Trinajstić information content (AvgIpc) is 2.04. The summed E-state index contributed by atoms with van der Waals surface area (Å²) in [6.45, 7) is 0. The predicted octanol–water partition coefficient (Wildman–Crippen LogP) is -0.428. The Kier molecular flexibility index (Phi) is 1.81. The van der Waals surface area contributed by atoms with Crippen molar-refractivity contribution in [2.45, 2.75) is 37.5 Å². The Morgan fingerprint density at radius 2 is 2.17 bits per heavy atom. The maximum absolute atomic E-state index is 10.7. The summed E-state index contributed by atoms with van der Waals surface area (Å²) in [5.74, 6) is -0.654. The van der Waals surface area contributed by atoms with Gasteiger partial charge in [-0.3, -0.25) is 10.1 Å². The van der Waals surface area contributed by atoms with Gasteiger partial charge in [0.25, 0.3) is 0 Å². The fourth-order valence-electron chi connectivity index (χ4n) is 2.32. The van der Waals surface area contributed by atoms with Crippen LogP contribution in [0.25, 0.3) is 0 Å². The largest absolute Gasteiger partial charge is 0.480 e. The summed E-state index contributed by atoms with van der Waals surface area (Å²) in [5, 5.41) is 21.2. The molecule has 4 nitrogen and oxygen atoms in total. The molecule has 0 spiro atoms. The third-order valence-corrected chi connectivity index (χ3v) is 2.99. The summed E-state index contributed by atoms with van der Waals surface area (Å²) >= 11 is 0. The van der Waals surface area contributed by atoms with Gasteiger partial charge in [0, 0.05) is 6.04 Å². The number of aliphatic carboxylic acids is 1. The van der Waals surface area contributed by atoms with E-state index in [1.54, 1.807) is 0 Å². The number of hydrogen-bond acceptors (Lipinski definition) is 3. The van der Waals surface area contributed by atoms with Crippen LogP contribution in [0.2, 0.25) is 0 Å². The van der Waals surface area contributed by atoms with E-state index in [1.807, 2.05) is 0 Å². The van der Waals surface area contributed by atoms with E-state index >= 15 is 0 Å². The molecule has 0 aromatic rings. The Labute approximate surface area is 70.6 Å². The summed E-state index contributed by atoms with van der Waals surface area (Å²) in [7, 11) is 0. The molecule has 0 radical (unpaired) electrons. The second kappa shape index (κ2) is 2.71. The minimum Gasteiger partial charge on any atom is -0.480 e. The fraction of sp³-hybridized carbons (Fsp3) is 0.875. The zero-order valence-corrected chi connectivity index (χ0v) is 6.73. The Bertz CT molecular complexity index is 206. The zero-order valence-electron chi connectivity index (χ0n) is 6.73. The summed E-state index contributed by atoms with van der Waals surface area (Å²) in [4.78, 5) is 10.7. The lowest BCUT2D eigenvalue weighted by Gasteiger charge is -2.44. The molecule has 3 N–H and O–H groups in total. The van der Waals surface area contributed by atoms with Crippen LogP contribution in [0.3, 0.4) is 0 Å². The van der Waals surface area contributed by atoms with Crippen LogP contribution >= 0.6 is 0 Å². The van der Waals surface area contributed by atoms with E-state index in [1.165, 1.54) is 0 Å². The number of nitrogens with one attached hydrogen (secondary N) is 1. The highest BCUT2D eigenvalue weighted by atomic mass is 16.4. The standard InChI is InChI=1S/C8H13NO3/c10-6-3-4-1-2-5(6)9-7(4)8(11)12/h4-7,9-10H,1-3H2,(H,11,12). The molecule has 3 rings (SSSR count). The van der Waals surface area contributed by atoms with Crippen molar-refractivity contribution in [3.8, 4) is 0 Å². The Morgan fingerprint density at radius 1 is 1.42 bits per heavy atom. The van der Waals surface area contributed by atoms with Crippen molar-refractivity contribution < 1.29 is 15.0 Å². The molecule has 4 heteroatoms. The van der Waals surface area contributed by atoms with Gasteiger partial charge in [-0.15, -0.1) is 0 Å². The number of fused-ring (bicyclic) bond motifs is 3. The molecule has 2 heterocycles. The quantitative estimate of drug-likeness (QED) is 0.501. The van der Waals surface area contributed by atoms with Crippen molar-refractivity contribution in [2.75, 3.05) is 0 Å². The van der Waals surface area contributed by atoms with E-state index < -0.39 is 12.0 Å². The summed E-state index contributed by atoms with van der Waals surface area (Å²) in [6.07, 6.45) is 2.16. The van der Waals surface area contributed by atoms with Crippen molar-refractivity contribution in [3.05, 3.63) is 0 Å². The Balaban J connectivity index is 2.10. The van der Waals surface area contributed by atoms with E-state index in [9.17, 15) is 9.90 Å². The van der Waals surface area contributed by atoms with Crippen LogP contribution in [0, 0.1) is 5.92 Å². The van der Waals surface area contributed by atoms with Gasteiger partial charge in [-0.2, -0.15) is 0 Å². The molecule has 2 aliphatic heterocycles. The van der Waals surface area contributed by atoms with E-state index in [2.05, 4.69) is 5.32 Å². The van der Waals surface area contributed by atoms with E-state index in [-0.39, 0.29) is 18.1 Å². The SMILES string of the molecule is O=C(O)C1NC2CCC1CC2O. The number of piperidine rings is 2. The lowest BCUT2D eigenvalue weighted by atomic mass is 9.75. The second-order valence-electron chi connectivity index (χ2n) is 3.73. The molecule has 0 aromatic carbocycles. The first-order valence-corrected chi connectivity index (χ1v) is 4.35. The van der Waals surface area contributed by atoms with Crippen LogP contribution in [0.15, 0.2) is 0 Å². The number of rotatable bonds is 1. The van der Waals surface area contributed by atoms with Gasteiger partial charge in [-0.1, -0.05) is 0 Å². The van der Waals surface area contributed by atoms with Gasteiger partial charge >= 0.3 is 5.97 Å². The fourth-order valence-corrected chi connectivity index (χ4v) is 2.32. The van der Waals surface area contributed by atoms with Crippen molar-refractivity contribution in [1.29, 1.82) is 0 Å². The van der Waals surface area contributed by atoms with E-state index in [0.29, 0.717) is 6.42 Å². The molecular formula is C8H13NO3. The van der Waals surface area contributed by atoms with Crippen LogP contribution in [-0.2, 0) is 4.79 Å². The molecule has 0 aromatic heterocycles. The highest BCUT2D eigenvalue weighted by molar-refractivity contribution is 5.74. The smallest absolute Gasteiger partial charge is 0.320 e. The first kappa shape index (κ1) is 8.01. The van der Waals surface area contributed by atoms with Crippen LogP contribution in [-0.4, -0.2) is 34.4 Å². The molecule has 1 aliphatic carbocycles. The monoisotopic (exact) mass is 171 g/mol. The van der Waals surface area contributed by atoms with Crippen molar-refractivity contribution in [3.63, 3.8) is 0 Å². The first-order valence-electron chi connectivity index (χ1n) is 4.35. The maximum atomic E-state index is 10.7. The van der Waals surface area contributed by atoms with E-state index in [0.717, 1.165) is 12.8 Å². The molecule has 1 saturated carbocycles. The molecule has 3 fully saturated rings. The lowest BCUT2D eigenvalue weighted by molar-refractivity contribution is -0.145. The number of aliphatic hydroxyl groups is 1. The number of carboxylic acid groups (broad SMARTS) is 1. The van der Waals surface area contributed by atoms with Gasteiger partial charge in [0.2, 0.25) is 0 Å². The van der Waals surface area contributed by atoms with Gasteiger partial charge < -0.3 is 10.2 Å². The molecule has 4 unspecified atom stereocenters.